The average Bonchev–Trinajstić information content (AvgIpc) is 2.82. The maximum Gasteiger partial charge on any atom is 0.160 e. The molecule has 0 unspecified atom stereocenters. The lowest BCUT2D eigenvalue weighted by molar-refractivity contribution is 0.101. The monoisotopic (exact) mass is 499 g/mol. The molecule has 1 aliphatic carbocycles. The van der Waals surface area contributed by atoms with Gasteiger partial charge >= 0.3 is 0 Å². The highest BCUT2D eigenvalue weighted by atomic mass is 16.1. The van der Waals surface area contributed by atoms with Gasteiger partial charge in [0.1, 0.15) is 0 Å². The van der Waals surface area contributed by atoms with Gasteiger partial charge in [-0.25, -0.2) is 0 Å². The van der Waals surface area contributed by atoms with Gasteiger partial charge in [0, 0.05) is 22.5 Å². The number of rotatable bonds is 9. The number of allylic oxidation sites excluding steroid dienone is 3. The van der Waals surface area contributed by atoms with Crippen molar-refractivity contribution < 1.29 is 4.79 Å². The standard InChI is InChI=1S/C16H19NO.C8H18.C6H12.2C2H6/c1-6-14(12(4)17-11(2)3)16-10-8-7-9-15(16)13(5)18;1-4-6-8(3)7-5-2;1-2-6-4-3-5-6;2*1-2/h6-10H,1H2,2-5H3;8H,4-7H2,1-3H3;6H,2-5H2,1H3;2*1-2H3/b14-12+;;;;. The van der Waals surface area contributed by atoms with E-state index in [0.29, 0.717) is 5.56 Å². The lowest BCUT2D eigenvalue weighted by atomic mass is 9.84. The summed E-state index contributed by atoms with van der Waals surface area (Å²) in [5.74, 6) is 2.13. The van der Waals surface area contributed by atoms with Crippen LogP contribution in [0.1, 0.15) is 150 Å². The summed E-state index contributed by atoms with van der Waals surface area (Å²) < 4.78 is 0. The number of aliphatic imine (C=N–C) groups is 1. The molecule has 2 nitrogen and oxygen atoms in total. The van der Waals surface area contributed by atoms with E-state index in [1.807, 2.05) is 72.7 Å². The summed E-state index contributed by atoms with van der Waals surface area (Å²) in [7, 11) is 0. The first-order valence-corrected chi connectivity index (χ1v) is 14.7. The van der Waals surface area contributed by atoms with E-state index in [0.717, 1.165) is 34.4 Å². The van der Waals surface area contributed by atoms with Crippen molar-refractivity contribution in [2.24, 2.45) is 16.8 Å². The lowest BCUT2D eigenvalue weighted by Gasteiger charge is -2.22. The first kappa shape index (κ1) is 38.6. The molecule has 0 atom stereocenters. The zero-order valence-corrected chi connectivity index (χ0v) is 26.3. The van der Waals surface area contributed by atoms with Gasteiger partial charge in [-0.3, -0.25) is 9.79 Å². The molecule has 0 bridgehead atoms. The van der Waals surface area contributed by atoms with Crippen LogP contribution in [0, 0.1) is 11.8 Å². The number of carbonyl (C=O) groups excluding carboxylic acids is 1. The Kier molecular flexibility index (Phi) is 28.0. The first-order chi connectivity index (χ1) is 17.2. The maximum absolute atomic E-state index is 11.6. The van der Waals surface area contributed by atoms with Crippen molar-refractivity contribution in [2.75, 3.05) is 0 Å². The quantitative estimate of drug-likeness (QED) is 0.189. The Labute approximate surface area is 226 Å². The average molecular weight is 500 g/mol. The van der Waals surface area contributed by atoms with Crippen LogP contribution in [-0.2, 0) is 0 Å². The summed E-state index contributed by atoms with van der Waals surface area (Å²) in [6.07, 6.45) is 13.2. The third-order valence-corrected chi connectivity index (χ3v) is 5.95. The fourth-order valence-corrected chi connectivity index (χ4v) is 3.90. The second kappa shape index (κ2) is 26.1. The topological polar surface area (TPSA) is 29.4 Å². The van der Waals surface area contributed by atoms with Crippen molar-refractivity contribution >= 4 is 17.1 Å². The Bertz CT molecular complexity index is 725. The van der Waals surface area contributed by atoms with E-state index in [2.05, 4.69) is 39.3 Å². The number of ketones is 1. The molecule has 0 aromatic heterocycles. The predicted molar refractivity (Wildman–Crippen MR) is 167 cm³/mol. The molecule has 0 radical (unpaired) electrons. The van der Waals surface area contributed by atoms with Crippen LogP contribution in [-0.4, -0.2) is 11.5 Å². The van der Waals surface area contributed by atoms with Gasteiger partial charge in [0.05, 0.1) is 0 Å². The molecule has 0 amide bonds. The minimum atomic E-state index is 0.0509. The van der Waals surface area contributed by atoms with E-state index in [1.54, 1.807) is 13.0 Å². The molecular formula is C34H61NO. The van der Waals surface area contributed by atoms with E-state index in [-0.39, 0.29) is 5.78 Å². The number of Topliss-reactive ketones (excluding diaryl/α,β-unsaturated/α-hetero) is 1. The van der Waals surface area contributed by atoms with Crippen LogP contribution in [0.4, 0.5) is 0 Å². The first-order valence-electron chi connectivity index (χ1n) is 14.7. The van der Waals surface area contributed by atoms with Crippen LogP contribution in [0.25, 0.3) is 5.57 Å². The molecule has 1 aromatic carbocycles. The fourth-order valence-electron chi connectivity index (χ4n) is 3.90. The molecule has 1 saturated carbocycles. The summed E-state index contributed by atoms with van der Waals surface area (Å²) in [6.45, 7) is 28.4. The van der Waals surface area contributed by atoms with Crippen LogP contribution in [0.5, 0.6) is 0 Å². The second-order valence-electron chi connectivity index (χ2n) is 9.25. The highest BCUT2D eigenvalue weighted by Gasteiger charge is 2.13. The molecule has 0 aliphatic heterocycles. The zero-order valence-electron chi connectivity index (χ0n) is 26.3. The van der Waals surface area contributed by atoms with Crippen molar-refractivity contribution in [1.82, 2.24) is 0 Å². The van der Waals surface area contributed by atoms with Crippen LogP contribution >= 0.6 is 0 Å². The van der Waals surface area contributed by atoms with Crippen molar-refractivity contribution in [3.8, 4) is 0 Å². The van der Waals surface area contributed by atoms with E-state index >= 15 is 0 Å². The van der Waals surface area contributed by atoms with E-state index in [1.165, 1.54) is 51.4 Å². The minimum Gasteiger partial charge on any atom is -0.294 e. The summed E-state index contributed by atoms with van der Waals surface area (Å²) in [5.41, 5.74) is 4.35. The van der Waals surface area contributed by atoms with Crippen LogP contribution in [0.2, 0.25) is 0 Å². The molecule has 0 heterocycles. The van der Waals surface area contributed by atoms with Crippen LogP contribution in [0.15, 0.2) is 47.6 Å². The van der Waals surface area contributed by atoms with Crippen molar-refractivity contribution in [2.45, 2.75) is 134 Å². The van der Waals surface area contributed by atoms with Gasteiger partial charge in [-0.15, -0.1) is 0 Å². The largest absolute Gasteiger partial charge is 0.294 e. The Hall–Kier alpha value is -1.96. The van der Waals surface area contributed by atoms with Gasteiger partial charge in [0.2, 0.25) is 0 Å². The van der Waals surface area contributed by atoms with Gasteiger partial charge < -0.3 is 0 Å². The van der Waals surface area contributed by atoms with E-state index in [4.69, 9.17) is 0 Å². The number of hydrogen-bond acceptors (Lipinski definition) is 2. The molecule has 0 saturated heterocycles. The van der Waals surface area contributed by atoms with E-state index in [9.17, 15) is 4.79 Å². The highest BCUT2D eigenvalue weighted by Crippen LogP contribution is 2.28. The Morgan fingerprint density at radius 3 is 1.69 bits per heavy atom. The van der Waals surface area contributed by atoms with Crippen molar-refractivity contribution in [3.63, 3.8) is 0 Å². The Morgan fingerprint density at radius 1 is 0.944 bits per heavy atom. The van der Waals surface area contributed by atoms with Gasteiger partial charge in [-0.2, -0.15) is 0 Å². The smallest absolute Gasteiger partial charge is 0.160 e. The summed E-state index contributed by atoms with van der Waals surface area (Å²) in [4.78, 5) is 16.1. The van der Waals surface area contributed by atoms with Gasteiger partial charge in [0.25, 0.3) is 0 Å². The van der Waals surface area contributed by atoms with E-state index < -0.39 is 0 Å². The molecule has 0 N–H and O–H groups in total. The summed E-state index contributed by atoms with van der Waals surface area (Å²) >= 11 is 0. The Morgan fingerprint density at radius 2 is 1.42 bits per heavy atom. The lowest BCUT2D eigenvalue weighted by Crippen LogP contribution is -2.08. The molecule has 2 heteroatoms. The molecule has 1 aliphatic rings. The normalized spacial score (nSPS) is 12.4. The molecule has 36 heavy (non-hydrogen) atoms. The van der Waals surface area contributed by atoms with Crippen LogP contribution < -0.4 is 0 Å². The van der Waals surface area contributed by atoms with Gasteiger partial charge in [-0.05, 0) is 45.1 Å². The number of benzene rings is 1. The van der Waals surface area contributed by atoms with Gasteiger partial charge in [-0.1, -0.05) is 144 Å². The highest BCUT2D eigenvalue weighted by molar-refractivity contribution is 6.00. The van der Waals surface area contributed by atoms with Crippen molar-refractivity contribution in [3.05, 3.63) is 53.7 Å². The molecule has 2 rings (SSSR count). The van der Waals surface area contributed by atoms with Crippen molar-refractivity contribution in [1.29, 1.82) is 0 Å². The molecule has 1 aromatic rings. The Balaban J connectivity index is -0.000000498. The SMILES string of the molecule is C=C/C(=C(/C)N=C(C)C)c1ccccc1C(C)=O.CC.CC.CCC1CCC1.CCCC(C)CCC. The van der Waals surface area contributed by atoms with Gasteiger partial charge in [0.15, 0.2) is 5.78 Å². The molecule has 0 spiro atoms. The molecule has 1 fully saturated rings. The second-order valence-corrected chi connectivity index (χ2v) is 9.25. The minimum absolute atomic E-state index is 0.0509. The number of nitrogens with zero attached hydrogens (tertiary/aromatic N) is 1. The number of hydrogen-bond donors (Lipinski definition) is 0. The fraction of sp³-hybridized carbons (Fsp3) is 0.647. The molecular weight excluding hydrogens is 438 g/mol. The number of carbonyl (C=O) groups is 1. The summed E-state index contributed by atoms with van der Waals surface area (Å²) in [6, 6.07) is 7.54. The third-order valence-electron chi connectivity index (χ3n) is 5.95. The predicted octanol–water partition coefficient (Wildman–Crippen LogP) is 11.8. The molecule has 208 valence electrons. The third kappa shape index (κ3) is 18.3. The summed E-state index contributed by atoms with van der Waals surface area (Å²) in [5, 5.41) is 0. The maximum atomic E-state index is 11.6. The van der Waals surface area contributed by atoms with Crippen LogP contribution in [0.3, 0.4) is 0 Å². The zero-order chi connectivity index (χ0) is 28.5.